The van der Waals surface area contributed by atoms with Crippen LogP contribution in [0, 0.1) is 13.8 Å². The zero-order valence-electron chi connectivity index (χ0n) is 20.5. The minimum Gasteiger partial charge on any atom is -0.486 e. The molecule has 0 aliphatic heterocycles. The quantitative estimate of drug-likeness (QED) is 0.349. The van der Waals surface area contributed by atoms with Crippen LogP contribution in [0.1, 0.15) is 58.5 Å². The highest BCUT2D eigenvalue weighted by Gasteiger charge is 2.32. The maximum Gasteiger partial charge on any atom is 0.419 e. The highest BCUT2D eigenvalue weighted by molar-refractivity contribution is 7.85. The van der Waals surface area contributed by atoms with E-state index < -0.39 is 33.5 Å². The molecule has 0 radical (unpaired) electrons. The fraction of sp³-hybridized carbons (Fsp3) is 0.360. The number of carbonyl (C=O) groups excluding carboxylic acids is 1. The number of rotatable bonds is 10. The van der Waals surface area contributed by atoms with Gasteiger partial charge in [-0.25, -0.2) is 4.68 Å². The number of alkyl halides is 3. The molecule has 0 unspecified atom stereocenters. The molecule has 12 heteroatoms. The smallest absolute Gasteiger partial charge is 0.419 e. The van der Waals surface area contributed by atoms with Gasteiger partial charge in [-0.2, -0.15) is 26.7 Å². The lowest BCUT2D eigenvalue weighted by Crippen LogP contribution is -2.28. The molecule has 200 valence electrons. The Hall–Kier alpha value is -3.38. The molecule has 0 saturated heterocycles. The monoisotopic (exact) mass is 539 g/mol. The number of benzene rings is 2. The molecular formula is C25H28F3N3O5S. The summed E-state index contributed by atoms with van der Waals surface area (Å²) < 4.78 is 76.8. The summed E-state index contributed by atoms with van der Waals surface area (Å²) in [6.07, 6.45) is -1.59. The predicted molar refractivity (Wildman–Crippen MR) is 132 cm³/mol. The van der Waals surface area contributed by atoms with Crippen molar-refractivity contribution >= 4 is 16.0 Å². The Balaban J connectivity index is 1.76. The van der Waals surface area contributed by atoms with E-state index in [1.165, 1.54) is 4.68 Å². The average molecular weight is 540 g/mol. The van der Waals surface area contributed by atoms with E-state index in [1.54, 1.807) is 50.2 Å². The Bertz CT molecular complexity index is 1330. The number of halogens is 3. The molecule has 1 aromatic heterocycles. The fourth-order valence-electron chi connectivity index (χ4n) is 3.90. The van der Waals surface area contributed by atoms with E-state index in [9.17, 15) is 26.4 Å². The summed E-state index contributed by atoms with van der Waals surface area (Å²) in [5.41, 5.74) is 2.24. The van der Waals surface area contributed by atoms with Gasteiger partial charge in [0, 0.05) is 18.3 Å². The predicted octanol–water partition coefficient (Wildman–Crippen LogP) is 5.05. The summed E-state index contributed by atoms with van der Waals surface area (Å²) in [4.78, 5) is 12.2. The van der Waals surface area contributed by atoms with Crippen molar-refractivity contribution in [1.82, 2.24) is 15.1 Å². The SMILES string of the molecule is CCC[C@@H](Oc1cc(C)c(-n2cc(C(F)(F)F)cn2)c(C)c1)c1ccc(C(=O)NCCS(=O)(=O)O)cc1. The molecule has 37 heavy (non-hydrogen) atoms. The second-order valence-corrected chi connectivity index (χ2v) is 10.2. The first-order valence-corrected chi connectivity index (χ1v) is 13.1. The van der Waals surface area contributed by atoms with Gasteiger partial charge in [0.1, 0.15) is 11.9 Å². The lowest BCUT2D eigenvalue weighted by molar-refractivity contribution is -0.137. The Morgan fingerprint density at radius 2 is 1.78 bits per heavy atom. The molecule has 2 aromatic carbocycles. The zero-order valence-corrected chi connectivity index (χ0v) is 21.4. The molecule has 8 nitrogen and oxygen atoms in total. The lowest BCUT2D eigenvalue weighted by Gasteiger charge is -2.21. The Kier molecular flexibility index (Phi) is 8.64. The van der Waals surface area contributed by atoms with Crippen molar-refractivity contribution in [3.8, 4) is 11.4 Å². The van der Waals surface area contributed by atoms with Crippen LogP contribution >= 0.6 is 0 Å². The van der Waals surface area contributed by atoms with E-state index in [4.69, 9.17) is 9.29 Å². The maximum absolute atomic E-state index is 13.0. The van der Waals surface area contributed by atoms with Crippen LogP contribution in [0.25, 0.3) is 5.69 Å². The van der Waals surface area contributed by atoms with Gasteiger partial charge in [-0.05, 0) is 61.2 Å². The topological polar surface area (TPSA) is 111 Å². The van der Waals surface area contributed by atoms with Crippen LogP contribution in [-0.4, -0.2) is 41.0 Å². The summed E-state index contributed by atoms with van der Waals surface area (Å²) in [6, 6.07) is 10.2. The second-order valence-electron chi connectivity index (χ2n) is 8.64. The summed E-state index contributed by atoms with van der Waals surface area (Å²) in [5.74, 6) is -0.505. The minimum absolute atomic E-state index is 0.217. The Morgan fingerprint density at radius 3 is 2.30 bits per heavy atom. The number of amides is 1. The average Bonchev–Trinajstić information content (AvgIpc) is 3.28. The maximum atomic E-state index is 13.0. The number of hydrogen-bond acceptors (Lipinski definition) is 5. The summed E-state index contributed by atoms with van der Waals surface area (Å²) in [5, 5.41) is 6.31. The van der Waals surface area contributed by atoms with Crippen molar-refractivity contribution in [2.75, 3.05) is 12.3 Å². The van der Waals surface area contributed by atoms with Crippen molar-refractivity contribution in [1.29, 1.82) is 0 Å². The van der Waals surface area contributed by atoms with Gasteiger partial charge < -0.3 is 10.1 Å². The molecule has 0 aliphatic carbocycles. The summed E-state index contributed by atoms with van der Waals surface area (Å²) >= 11 is 0. The van der Waals surface area contributed by atoms with Crippen molar-refractivity contribution in [2.24, 2.45) is 0 Å². The third-order valence-corrected chi connectivity index (χ3v) is 6.34. The molecule has 0 bridgehead atoms. The molecule has 1 atom stereocenters. The van der Waals surface area contributed by atoms with E-state index in [1.807, 2.05) is 6.92 Å². The number of nitrogens with zero attached hydrogens (tertiary/aromatic N) is 2. The molecule has 1 heterocycles. The number of hydrogen-bond donors (Lipinski definition) is 2. The number of aryl methyl sites for hydroxylation is 2. The Morgan fingerprint density at radius 1 is 1.16 bits per heavy atom. The molecule has 0 fully saturated rings. The van der Waals surface area contributed by atoms with Crippen LogP contribution < -0.4 is 10.1 Å². The largest absolute Gasteiger partial charge is 0.486 e. The standard InChI is InChI=1S/C25H28F3N3O5S/c1-4-5-22(18-6-8-19(9-7-18)24(32)29-10-11-37(33,34)35)36-21-12-16(2)23(17(3)13-21)31-15-20(14-30-31)25(26,27)28/h6-9,12-15,22H,4-5,10-11H2,1-3H3,(H,29,32)(H,33,34,35)/t22-/m1/s1. The van der Waals surface area contributed by atoms with Crippen LogP contribution in [0.4, 0.5) is 13.2 Å². The van der Waals surface area contributed by atoms with Gasteiger partial charge in [0.05, 0.1) is 23.2 Å². The molecule has 0 saturated carbocycles. The lowest BCUT2D eigenvalue weighted by atomic mass is 10.0. The second kappa shape index (κ2) is 11.3. The van der Waals surface area contributed by atoms with E-state index in [0.29, 0.717) is 34.5 Å². The minimum atomic E-state index is -4.48. The first kappa shape index (κ1) is 28.2. The molecular weight excluding hydrogens is 511 g/mol. The summed E-state index contributed by atoms with van der Waals surface area (Å²) in [7, 11) is -4.17. The van der Waals surface area contributed by atoms with Crippen LogP contribution in [-0.2, 0) is 16.3 Å². The summed E-state index contributed by atoms with van der Waals surface area (Å²) in [6.45, 7) is 5.33. The molecule has 2 N–H and O–H groups in total. The zero-order chi connectivity index (χ0) is 27.4. The van der Waals surface area contributed by atoms with Gasteiger partial charge in [0.15, 0.2) is 0 Å². The van der Waals surface area contributed by atoms with E-state index >= 15 is 0 Å². The Labute approximate surface area is 213 Å². The molecule has 0 aliphatic rings. The number of carbonyl (C=O) groups is 1. The number of nitrogens with one attached hydrogen (secondary N) is 1. The van der Waals surface area contributed by atoms with Gasteiger partial charge in [-0.15, -0.1) is 0 Å². The van der Waals surface area contributed by atoms with Crippen molar-refractivity contribution in [2.45, 2.75) is 45.9 Å². The van der Waals surface area contributed by atoms with Crippen molar-refractivity contribution in [3.05, 3.63) is 76.6 Å². The molecule has 3 aromatic rings. The van der Waals surface area contributed by atoms with Crippen molar-refractivity contribution < 1.29 is 35.7 Å². The van der Waals surface area contributed by atoms with Gasteiger partial charge in [0.25, 0.3) is 16.0 Å². The molecule has 1 amide bonds. The van der Waals surface area contributed by atoms with E-state index in [0.717, 1.165) is 24.4 Å². The van der Waals surface area contributed by atoms with Gasteiger partial charge >= 0.3 is 6.18 Å². The van der Waals surface area contributed by atoms with Gasteiger partial charge in [-0.3, -0.25) is 9.35 Å². The number of aromatic nitrogens is 2. The van der Waals surface area contributed by atoms with Crippen LogP contribution in [0.15, 0.2) is 48.8 Å². The van der Waals surface area contributed by atoms with E-state index in [2.05, 4.69) is 10.4 Å². The normalized spacial score (nSPS) is 12.8. The highest BCUT2D eigenvalue weighted by atomic mass is 32.2. The molecule has 3 rings (SSSR count). The highest BCUT2D eigenvalue weighted by Crippen LogP contribution is 2.33. The van der Waals surface area contributed by atoms with Gasteiger partial charge in [-0.1, -0.05) is 25.5 Å². The van der Waals surface area contributed by atoms with Crippen molar-refractivity contribution in [3.63, 3.8) is 0 Å². The number of ether oxygens (including phenoxy) is 1. The van der Waals surface area contributed by atoms with Crippen LogP contribution in [0.2, 0.25) is 0 Å². The van der Waals surface area contributed by atoms with Crippen LogP contribution in [0.5, 0.6) is 5.75 Å². The third-order valence-electron chi connectivity index (χ3n) is 5.62. The van der Waals surface area contributed by atoms with Crippen LogP contribution in [0.3, 0.4) is 0 Å². The third kappa shape index (κ3) is 7.56. The first-order chi connectivity index (χ1) is 17.3. The fourth-order valence-corrected chi connectivity index (χ4v) is 4.26. The first-order valence-electron chi connectivity index (χ1n) is 11.5. The van der Waals surface area contributed by atoms with E-state index in [-0.39, 0.29) is 12.6 Å². The molecule has 0 spiro atoms. The van der Waals surface area contributed by atoms with Gasteiger partial charge in [0.2, 0.25) is 0 Å².